The van der Waals surface area contributed by atoms with E-state index in [0.29, 0.717) is 6.42 Å². The van der Waals surface area contributed by atoms with Crippen LogP contribution in [-0.2, 0) is 9.59 Å². The summed E-state index contributed by atoms with van der Waals surface area (Å²) in [6, 6.07) is 0.325. The molecule has 1 rings (SSSR count). The summed E-state index contributed by atoms with van der Waals surface area (Å²) in [5.41, 5.74) is 5.79. The molecule has 3 N–H and O–H groups in total. The van der Waals surface area contributed by atoms with E-state index in [1.54, 1.807) is 0 Å². The molecule has 0 aliphatic carbocycles. The van der Waals surface area contributed by atoms with Crippen LogP contribution in [-0.4, -0.2) is 41.9 Å². The van der Waals surface area contributed by atoms with Gasteiger partial charge in [-0.3, -0.25) is 9.59 Å². The smallest absolute Gasteiger partial charge is 0.222 e. The van der Waals surface area contributed by atoms with E-state index in [1.807, 2.05) is 11.8 Å². The Morgan fingerprint density at radius 1 is 1.50 bits per heavy atom. The Morgan fingerprint density at radius 2 is 2.22 bits per heavy atom. The number of nitrogens with one attached hydrogen (secondary N) is 1. The highest BCUT2D eigenvalue weighted by molar-refractivity contribution is 5.78. The van der Waals surface area contributed by atoms with Gasteiger partial charge in [-0.25, -0.2) is 0 Å². The number of carbonyl (C=O) groups is 2. The van der Waals surface area contributed by atoms with Gasteiger partial charge in [0.05, 0.1) is 0 Å². The molecule has 0 aromatic heterocycles. The van der Waals surface area contributed by atoms with Gasteiger partial charge in [-0.1, -0.05) is 6.92 Å². The van der Waals surface area contributed by atoms with Crippen molar-refractivity contribution in [1.82, 2.24) is 10.2 Å². The van der Waals surface area contributed by atoms with Crippen molar-refractivity contribution in [1.29, 1.82) is 0 Å². The first-order chi connectivity index (χ1) is 8.58. The first-order valence-corrected chi connectivity index (χ1v) is 6.83. The van der Waals surface area contributed by atoms with Crippen LogP contribution in [0.1, 0.15) is 46.0 Å². The molecule has 2 amide bonds. The zero-order chi connectivity index (χ0) is 13.5. The Balaban J connectivity index is 2.57. The molecular formula is C13H25N3O2. The quantitative estimate of drug-likeness (QED) is 0.625. The summed E-state index contributed by atoms with van der Waals surface area (Å²) in [7, 11) is 0. The number of hydrogen-bond donors (Lipinski definition) is 2. The molecular weight excluding hydrogens is 230 g/mol. The molecule has 1 saturated heterocycles. The number of likely N-dealkylation sites (tertiary alicyclic amines) is 1. The highest BCUT2D eigenvalue weighted by Gasteiger charge is 2.28. The third-order valence-electron chi connectivity index (χ3n) is 3.54. The van der Waals surface area contributed by atoms with Crippen LogP contribution in [0.15, 0.2) is 0 Å². The molecule has 1 aliphatic heterocycles. The molecule has 5 nitrogen and oxygen atoms in total. The fourth-order valence-corrected chi connectivity index (χ4v) is 2.68. The third kappa shape index (κ3) is 4.29. The summed E-state index contributed by atoms with van der Waals surface area (Å²) in [4.78, 5) is 24.3. The molecule has 1 aliphatic rings. The molecule has 1 fully saturated rings. The van der Waals surface area contributed by atoms with Crippen LogP contribution in [0.5, 0.6) is 0 Å². The predicted molar refractivity (Wildman–Crippen MR) is 70.9 cm³/mol. The second-order valence-corrected chi connectivity index (χ2v) is 5.18. The standard InChI is InChI=1S/C13H25N3O2/c1-3-12(16-6-4-5-13(16)18)8-11(15-9-17)7-10(2)14/h9-12H,3-8,14H2,1-2H3,(H,15,17). The van der Waals surface area contributed by atoms with E-state index >= 15 is 0 Å². The number of amides is 2. The molecule has 0 bridgehead atoms. The van der Waals surface area contributed by atoms with E-state index in [2.05, 4.69) is 12.2 Å². The average molecular weight is 255 g/mol. The predicted octanol–water partition coefficient (Wildman–Crippen LogP) is 0.629. The van der Waals surface area contributed by atoms with Gasteiger partial charge in [0.1, 0.15) is 0 Å². The van der Waals surface area contributed by atoms with Crippen LogP contribution >= 0.6 is 0 Å². The van der Waals surface area contributed by atoms with Gasteiger partial charge in [-0.2, -0.15) is 0 Å². The van der Waals surface area contributed by atoms with E-state index < -0.39 is 0 Å². The lowest BCUT2D eigenvalue weighted by atomic mass is 9.98. The Labute approximate surface area is 109 Å². The minimum absolute atomic E-state index is 0.0502. The Morgan fingerprint density at radius 3 is 2.67 bits per heavy atom. The lowest BCUT2D eigenvalue weighted by Gasteiger charge is -2.30. The van der Waals surface area contributed by atoms with Crippen molar-refractivity contribution in [3.8, 4) is 0 Å². The van der Waals surface area contributed by atoms with Crippen LogP contribution in [0.25, 0.3) is 0 Å². The van der Waals surface area contributed by atoms with E-state index in [-0.39, 0.29) is 24.0 Å². The largest absolute Gasteiger partial charge is 0.356 e. The molecule has 3 atom stereocenters. The molecule has 3 unspecified atom stereocenters. The number of nitrogens with two attached hydrogens (primary N) is 1. The maximum atomic E-state index is 11.7. The highest BCUT2D eigenvalue weighted by atomic mass is 16.2. The van der Waals surface area contributed by atoms with Gasteiger partial charge in [0.2, 0.25) is 12.3 Å². The monoisotopic (exact) mass is 255 g/mol. The van der Waals surface area contributed by atoms with E-state index in [1.165, 1.54) is 0 Å². The molecule has 0 saturated carbocycles. The van der Waals surface area contributed by atoms with Gasteiger partial charge in [0.25, 0.3) is 0 Å². The molecule has 0 spiro atoms. The normalized spacial score (nSPS) is 20.6. The highest BCUT2D eigenvalue weighted by Crippen LogP contribution is 2.20. The summed E-state index contributed by atoms with van der Waals surface area (Å²) in [5.74, 6) is 0.243. The van der Waals surface area contributed by atoms with Crippen molar-refractivity contribution in [3.63, 3.8) is 0 Å². The maximum Gasteiger partial charge on any atom is 0.222 e. The van der Waals surface area contributed by atoms with Crippen LogP contribution in [0.2, 0.25) is 0 Å². The van der Waals surface area contributed by atoms with Gasteiger partial charge < -0.3 is 16.0 Å². The fraction of sp³-hybridized carbons (Fsp3) is 0.846. The lowest BCUT2D eigenvalue weighted by molar-refractivity contribution is -0.129. The van der Waals surface area contributed by atoms with Crippen LogP contribution in [0, 0.1) is 0 Å². The molecule has 18 heavy (non-hydrogen) atoms. The first kappa shape index (κ1) is 15.0. The second kappa shape index (κ2) is 7.36. The van der Waals surface area contributed by atoms with Crippen molar-refractivity contribution in [2.24, 2.45) is 5.73 Å². The summed E-state index contributed by atoms with van der Waals surface area (Å²) >= 11 is 0. The van der Waals surface area contributed by atoms with Crippen LogP contribution in [0.4, 0.5) is 0 Å². The number of carbonyl (C=O) groups excluding carboxylic acids is 2. The zero-order valence-corrected chi connectivity index (χ0v) is 11.4. The van der Waals surface area contributed by atoms with Crippen molar-refractivity contribution in [2.45, 2.75) is 64.1 Å². The Hall–Kier alpha value is -1.10. The van der Waals surface area contributed by atoms with Gasteiger partial charge >= 0.3 is 0 Å². The van der Waals surface area contributed by atoms with Gasteiger partial charge in [0, 0.05) is 31.1 Å². The molecule has 0 radical (unpaired) electrons. The van der Waals surface area contributed by atoms with Crippen LogP contribution < -0.4 is 11.1 Å². The number of nitrogens with zero attached hydrogens (tertiary/aromatic N) is 1. The lowest BCUT2D eigenvalue weighted by Crippen LogP contribution is -2.43. The van der Waals surface area contributed by atoms with Crippen molar-refractivity contribution in [2.75, 3.05) is 6.54 Å². The summed E-state index contributed by atoms with van der Waals surface area (Å²) < 4.78 is 0. The fourth-order valence-electron chi connectivity index (χ4n) is 2.68. The van der Waals surface area contributed by atoms with E-state index in [0.717, 1.165) is 38.6 Å². The van der Waals surface area contributed by atoms with Gasteiger partial charge in [0.15, 0.2) is 0 Å². The second-order valence-electron chi connectivity index (χ2n) is 5.18. The summed E-state index contributed by atoms with van der Waals surface area (Å²) in [5, 5.41) is 2.82. The average Bonchev–Trinajstić information content (AvgIpc) is 2.71. The summed E-state index contributed by atoms with van der Waals surface area (Å²) in [6.07, 6.45) is 4.80. The Bertz CT molecular complexity index is 281. The molecule has 5 heteroatoms. The number of rotatable bonds is 8. The molecule has 104 valence electrons. The van der Waals surface area contributed by atoms with E-state index in [9.17, 15) is 9.59 Å². The SMILES string of the molecule is CCC(CC(CC(C)N)NC=O)N1CCCC1=O. The van der Waals surface area contributed by atoms with Crippen molar-refractivity contribution >= 4 is 12.3 Å². The maximum absolute atomic E-state index is 11.7. The molecule has 0 aromatic carbocycles. The first-order valence-electron chi connectivity index (χ1n) is 6.83. The summed E-state index contributed by atoms with van der Waals surface area (Å²) in [6.45, 7) is 4.87. The molecule has 1 heterocycles. The number of hydrogen-bond acceptors (Lipinski definition) is 3. The zero-order valence-electron chi connectivity index (χ0n) is 11.4. The minimum atomic E-state index is 0.0502. The van der Waals surface area contributed by atoms with Crippen molar-refractivity contribution in [3.05, 3.63) is 0 Å². The van der Waals surface area contributed by atoms with E-state index in [4.69, 9.17) is 5.73 Å². The minimum Gasteiger partial charge on any atom is -0.356 e. The van der Waals surface area contributed by atoms with Crippen LogP contribution in [0.3, 0.4) is 0 Å². The molecule has 0 aromatic rings. The third-order valence-corrected chi connectivity index (χ3v) is 3.54. The topological polar surface area (TPSA) is 75.4 Å². The van der Waals surface area contributed by atoms with Crippen molar-refractivity contribution < 1.29 is 9.59 Å². The van der Waals surface area contributed by atoms with Gasteiger partial charge in [-0.05, 0) is 32.6 Å². The van der Waals surface area contributed by atoms with Gasteiger partial charge in [-0.15, -0.1) is 0 Å². The Kier molecular flexibility index (Phi) is 6.12.